The Kier molecular flexibility index (Phi) is 4.00. The van der Waals surface area contributed by atoms with Gasteiger partial charge in [-0.3, -0.25) is 0 Å². The molecular weight excluding hydrogens is 279 g/mol. The van der Waals surface area contributed by atoms with Gasteiger partial charge in [-0.25, -0.2) is 0 Å². The zero-order chi connectivity index (χ0) is 13.8. The predicted octanol–water partition coefficient (Wildman–Crippen LogP) is 5.42. The van der Waals surface area contributed by atoms with Crippen molar-refractivity contribution >= 4 is 32.2 Å². The van der Waals surface area contributed by atoms with E-state index in [9.17, 15) is 0 Å². The molecule has 0 nitrogen and oxygen atoms in total. The van der Waals surface area contributed by atoms with Gasteiger partial charge in [0.15, 0.2) is 0 Å². The molecule has 2 heteroatoms. The molecule has 0 saturated carbocycles. The third-order valence-corrected chi connectivity index (χ3v) is 5.11. The number of rotatable bonds is 3. The van der Waals surface area contributed by atoms with Gasteiger partial charge in [-0.2, -0.15) is 0 Å². The first-order valence-electron chi connectivity index (χ1n) is 6.72. The molecule has 0 bridgehead atoms. The van der Waals surface area contributed by atoms with E-state index in [-0.39, 0.29) is 5.16 Å². The van der Waals surface area contributed by atoms with E-state index >= 15 is 0 Å². The smallest absolute Gasteiger partial charge is 0.0318 e. The van der Waals surface area contributed by atoms with Crippen molar-refractivity contribution in [1.82, 2.24) is 0 Å². The highest BCUT2D eigenvalue weighted by Crippen LogP contribution is 2.42. The summed E-state index contributed by atoms with van der Waals surface area (Å²) in [5, 5.41) is 2.10. The van der Waals surface area contributed by atoms with E-state index in [2.05, 4.69) is 87.5 Å². The first-order valence-corrected chi connectivity index (χ1v) is 8.18. The van der Waals surface area contributed by atoms with Crippen molar-refractivity contribution in [3.05, 3.63) is 82.6 Å². The van der Waals surface area contributed by atoms with E-state index in [0.717, 1.165) is 6.42 Å². The molecular formula is C18H17PS. The topological polar surface area (TPSA) is 0 Å². The van der Waals surface area contributed by atoms with Crippen LogP contribution in [-0.2, 0) is 0 Å². The summed E-state index contributed by atoms with van der Waals surface area (Å²) in [4.78, 5) is 1.30. The van der Waals surface area contributed by atoms with Crippen molar-refractivity contribution in [3.63, 3.8) is 0 Å². The highest BCUT2D eigenvalue weighted by atomic mass is 32.1. The Morgan fingerprint density at radius 2 is 1.95 bits per heavy atom. The van der Waals surface area contributed by atoms with Gasteiger partial charge >= 0.3 is 0 Å². The van der Waals surface area contributed by atoms with Crippen LogP contribution < -0.4 is 0 Å². The van der Waals surface area contributed by atoms with Crippen LogP contribution in [0.1, 0.15) is 16.9 Å². The minimum Gasteiger partial charge on any atom is -0.144 e. The zero-order valence-corrected chi connectivity index (χ0v) is 13.2. The lowest BCUT2D eigenvalue weighted by atomic mass is 9.85. The lowest BCUT2D eigenvalue weighted by Gasteiger charge is -2.30. The van der Waals surface area contributed by atoms with E-state index in [1.807, 2.05) is 0 Å². The second kappa shape index (κ2) is 5.91. The van der Waals surface area contributed by atoms with Crippen molar-refractivity contribution in [2.45, 2.75) is 11.6 Å². The molecule has 1 heterocycles. The van der Waals surface area contributed by atoms with Gasteiger partial charge in [-0.15, -0.1) is 20.6 Å². The van der Waals surface area contributed by atoms with Gasteiger partial charge in [0.1, 0.15) is 0 Å². The number of thiophene rings is 1. The summed E-state index contributed by atoms with van der Waals surface area (Å²) >= 11 is 1.77. The SMILES string of the molecule is PC1(C=Cc2cccs2)CC=CC=C1c1ccccc1. The van der Waals surface area contributed by atoms with Crippen LogP contribution in [0.5, 0.6) is 0 Å². The minimum absolute atomic E-state index is 0.0138. The van der Waals surface area contributed by atoms with Gasteiger partial charge in [0, 0.05) is 10.0 Å². The average Bonchev–Trinajstić information content (AvgIpc) is 3.00. The maximum atomic E-state index is 3.04. The van der Waals surface area contributed by atoms with Crippen molar-refractivity contribution in [3.8, 4) is 0 Å². The second-order valence-electron chi connectivity index (χ2n) is 4.97. The fraction of sp³-hybridized carbons (Fsp3) is 0.111. The molecule has 100 valence electrons. The lowest BCUT2D eigenvalue weighted by molar-refractivity contribution is 0.907. The zero-order valence-electron chi connectivity index (χ0n) is 11.2. The Labute approximate surface area is 126 Å². The quantitative estimate of drug-likeness (QED) is 0.663. The minimum atomic E-state index is -0.0138. The van der Waals surface area contributed by atoms with Crippen molar-refractivity contribution < 1.29 is 0 Å². The number of benzene rings is 1. The van der Waals surface area contributed by atoms with Crippen LogP contribution in [-0.4, -0.2) is 5.16 Å². The molecule has 2 unspecified atom stereocenters. The molecule has 1 aliphatic rings. The normalized spacial score (nSPS) is 22.1. The number of hydrogen-bond acceptors (Lipinski definition) is 1. The standard InChI is InChI=1S/C18H17PS/c19-18(13-11-16-9-6-14-20-16)12-5-4-10-17(18)15-7-2-1-3-8-15/h1-11,13-14H,12,19H2. The molecule has 0 amide bonds. The Balaban J connectivity index is 1.95. The molecule has 1 aliphatic carbocycles. The molecule has 3 rings (SSSR count). The van der Waals surface area contributed by atoms with E-state index in [1.165, 1.54) is 16.0 Å². The molecule has 0 fully saturated rings. The number of allylic oxidation sites excluding steroid dienone is 5. The molecule has 0 radical (unpaired) electrons. The Morgan fingerprint density at radius 1 is 1.10 bits per heavy atom. The third-order valence-electron chi connectivity index (χ3n) is 3.53. The lowest BCUT2D eigenvalue weighted by Crippen LogP contribution is -2.20. The summed E-state index contributed by atoms with van der Waals surface area (Å²) in [5.74, 6) is 0. The molecule has 1 aromatic carbocycles. The van der Waals surface area contributed by atoms with Gasteiger partial charge < -0.3 is 0 Å². The Bertz CT molecular complexity index is 650. The van der Waals surface area contributed by atoms with Gasteiger partial charge in [0.05, 0.1) is 0 Å². The highest BCUT2D eigenvalue weighted by molar-refractivity contribution is 7.20. The van der Waals surface area contributed by atoms with Gasteiger partial charge in [-0.1, -0.05) is 60.7 Å². The molecule has 0 saturated heterocycles. The largest absolute Gasteiger partial charge is 0.144 e. The third kappa shape index (κ3) is 2.85. The summed E-state index contributed by atoms with van der Waals surface area (Å²) in [6.45, 7) is 0. The van der Waals surface area contributed by atoms with Crippen molar-refractivity contribution in [2.24, 2.45) is 0 Å². The second-order valence-corrected chi connectivity index (χ2v) is 6.98. The van der Waals surface area contributed by atoms with Crippen molar-refractivity contribution in [1.29, 1.82) is 0 Å². The summed E-state index contributed by atoms with van der Waals surface area (Å²) < 4.78 is 0. The molecule has 2 atom stereocenters. The molecule has 0 N–H and O–H groups in total. The number of hydrogen-bond donors (Lipinski definition) is 0. The fourth-order valence-corrected chi connectivity index (χ4v) is 3.56. The molecule has 2 aromatic rings. The Morgan fingerprint density at radius 3 is 2.70 bits per heavy atom. The summed E-state index contributed by atoms with van der Waals surface area (Å²) in [7, 11) is 3.04. The van der Waals surface area contributed by atoms with Crippen LogP contribution in [0.4, 0.5) is 0 Å². The Hall–Kier alpha value is -1.43. The monoisotopic (exact) mass is 296 g/mol. The molecule has 0 spiro atoms. The predicted molar refractivity (Wildman–Crippen MR) is 94.0 cm³/mol. The highest BCUT2D eigenvalue weighted by Gasteiger charge is 2.27. The van der Waals surface area contributed by atoms with Crippen molar-refractivity contribution in [2.75, 3.05) is 0 Å². The first-order chi connectivity index (χ1) is 9.78. The first kappa shape index (κ1) is 13.5. The van der Waals surface area contributed by atoms with Gasteiger partial charge in [0.2, 0.25) is 0 Å². The van der Waals surface area contributed by atoms with E-state index in [4.69, 9.17) is 0 Å². The van der Waals surface area contributed by atoms with Crippen LogP contribution in [0.3, 0.4) is 0 Å². The van der Waals surface area contributed by atoms with Crippen LogP contribution in [0.2, 0.25) is 0 Å². The summed E-state index contributed by atoms with van der Waals surface area (Å²) in [6, 6.07) is 14.9. The average molecular weight is 296 g/mol. The molecule has 0 aliphatic heterocycles. The van der Waals surface area contributed by atoms with Gasteiger partial charge in [0.25, 0.3) is 0 Å². The van der Waals surface area contributed by atoms with E-state index < -0.39 is 0 Å². The maximum absolute atomic E-state index is 3.04. The van der Waals surface area contributed by atoms with E-state index in [0.29, 0.717) is 0 Å². The fourth-order valence-electron chi connectivity index (χ4n) is 2.45. The van der Waals surface area contributed by atoms with Crippen LogP contribution >= 0.6 is 20.6 Å². The van der Waals surface area contributed by atoms with Crippen LogP contribution in [0.15, 0.2) is 72.1 Å². The van der Waals surface area contributed by atoms with E-state index in [1.54, 1.807) is 11.3 Å². The van der Waals surface area contributed by atoms with Crippen LogP contribution in [0, 0.1) is 0 Å². The maximum Gasteiger partial charge on any atom is 0.0318 e. The van der Waals surface area contributed by atoms with Gasteiger partial charge in [-0.05, 0) is 35.1 Å². The summed E-state index contributed by atoms with van der Waals surface area (Å²) in [6.07, 6.45) is 12.2. The summed E-state index contributed by atoms with van der Waals surface area (Å²) in [5.41, 5.74) is 2.65. The molecule has 1 aromatic heterocycles. The van der Waals surface area contributed by atoms with Crippen LogP contribution in [0.25, 0.3) is 11.6 Å². The molecule has 20 heavy (non-hydrogen) atoms.